The maximum atomic E-state index is 13.2. The van der Waals surface area contributed by atoms with Crippen LogP contribution in [0.15, 0.2) is 83.9 Å². The van der Waals surface area contributed by atoms with Gasteiger partial charge in [-0.25, -0.2) is 13.6 Å². The molecular formula is C25H19BF8N2O. The highest BCUT2D eigenvalue weighted by atomic mass is 19.4. The lowest BCUT2D eigenvalue weighted by Gasteiger charge is -2.14. The summed E-state index contributed by atoms with van der Waals surface area (Å²) in [6, 6.07) is 13.8. The zero-order chi connectivity index (χ0) is 27.4. The standard InChI is InChI=1S/C25H19BF8N2O/c1-36(2)21-13-11-20(12-14-21)35-22(16-3-7-18(8-4-16)24(27,28)29)15-23(37-26(33)34)17-5-9-19(10-6-17)25(30,31)32/h3-15H,1-2H3/b23-15-,35-22?. The van der Waals surface area contributed by atoms with E-state index in [-0.39, 0.29) is 16.8 Å². The molecule has 0 aliphatic rings. The summed E-state index contributed by atoms with van der Waals surface area (Å²) in [7, 11) is 0.293. The van der Waals surface area contributed by atoms with E-state index in [4.69, 9.17) is 0 Å². The van der Waals surface area contributed by atoms with Crippen LogP contribution in [0.1, 0.15) is 22.3 Å². The maximum Gasteiger partial charge on any atom is 0.796 e. The summed E-state index contributed by atoms with van der Waals surface area (Å²) >= 11 is 0. The average Bonchev–Trinajstić information content (AvgIpc) is 2.82. The number of alkyl halides is 6. The molecule has 0 heterocycles. The van der Waals surface area contributed by atoms with E-state index in [1.807, 2.05) is 19.0 Å². The second-order valence-electron chi connectivity index (χ2n) is 7.95. The predicted octanol–water partition coefficient (Wildman–Crippen LogP) is 7.89. The minimum Gasteiger partial charge on any atom is -0.505 e. The first-order chi connectivity index (χ1) is 17.2. The Balaban J connectivity index is 2.14. The van der Waals surface area contributed by atoms with Crippen molar-refractivity contribution in [2.45, 2.75) is 12.4 Å². The molecule has 37 heavy (non-hydrogen) atoms. The van der Waals surface area contributed by atoms with Gasteiger partial charge in [-0.1, -0.05) is 24.3 Å². The second-order valence-corrected chi connectivity index (χ2v) is 7.95. The van der Waals surface area contributed by atoms with Crippen molar-refractivity contribution in [3.63, 3.8) is 0 Å². The molecule has 0 aliphatic carbocycles. The molecule has 3 aromatic carbocycles. The van der Waals surface area contributed by atoms with E-state index in [2.05, 4.69) is 9.65 Å². The Bertz CT molecular complexity index is 1250. The number of hydrogen-bond acceptors (Lipinski definition) is 3. The van der Waals surface area contributed by atoms with Crippen molar-refractivity contribution in [2.24, 2.45) is 4.99 Å². The van der Waals surface area contributed by atoms with Crippen LogP contribution >= 0.6 is 0 Å². The summed E-state index contributed by atoms with van der Waals surface area (Å²) < 4.78 is 109. The summed E-state index contributed by atoms with van der Waals surface area (Å²) in [4.78, 5) is 6.21. The molecule has 0 unspecified atom stereocenters. The molecule has 0 bridgehead atoms. The molecule has 0 radical (unpaired) electrons. The molecular weight excluding hydrogens is 507 g/mol. The fourth-order valence-corrected chi connectivity index (χ4v) is 3.20. The molecule has 0 fully saturated rings. The van der Waals surface area contributed by atoms with Gasteiger partial charge >= 0.3 is 19.8 Å². The van der Waals surface area contributed by atoms with Crippen LogP contribution in [0.4, 0.5) is 46.3 Å². The third kappa shape index (κ3) is 7.58. The van der Waals surface area contributed by atoms with Gasteiger partial charge in [0.25, 0.3) is 0 Å². The Hall–Kier alpha value is -3.83. The Labute approximate surface area is 207 Å². The van der Waals surface area contributed by atoms with Gasteiger partial charge in [-0.2, -0.15) is 26.3 Å². The molecule has 194 valence electrons. The monoisotopic (exact) mass is 526 g/mol. The van der Waals surface area contributed by atoms with Crippen molar-refractivity contribution in [1.82, 2.24) is 0 Å². The number of anilines is 1. The number of rotatable bonds is 7. The van der Waals surface area contributed by atoms with Crippen molar-refractivity contribution in [3.05, 3.63) is 101 Å². The second kappa shape index (κ2) is 11.1. The lowest BCUT2D eigenvalue weighted by atomic mass is 10.0. The smallest absolute Gasteiger partial charge is 0.505 e. The average molecular weight is 526 g/mol. The van der Waals surface area contributed by atoms with Gasteiger partial charge in [-0.05, 0) is 48.5 Å². The topological polar surface area (TPSA) is 24.8 Å². The normalized spacial score (nSPS) is 12.9. The molecule has 0 spiro atoms. The van der Waals surface area contributed by atoms with Crippen molar-refractivity contribution < 1.29 is 39.6 Å². The van der Waals surface area contributed by atoms with Crippen LogP contribution in [0.3, 0.4) is 0 Å². The van der Waals surface area contributed by atoms with Gasteiger partial charge in [-0.3, -0.25) is 0 Å². The highest BCUT2D eigenvalue weighted by Crippen LogP contribution is 2.32. The molecule has 0 amide bonds. The first kappa shape index (κ1) is 27.8. The summed E-state index contributed by atoms with van der Waals surface area (Å²) in [6.07, 6.45) is -8.20. The predicted molar refractivity (Wildman–Crippen MR) is 127 cm³/mol. The van der Waals surface area contributed by atoms with Gasteiger partial charge in [-0.15, -0.1) is 0 Å². The van der Waals surface area contributed by atoms with Crippen molar-refractivity contribution in [2.75, 3.05) is 19.0 Å². The molecule has 12 heteroatoms. The highest BCUT2D eigenvalue weighted by molar-refractivity contribution is 6.36. The van der Waals surface area contributed by atoms with Gasteiger partial charge in [0.15, 0.2) is 0 Å². The Morgan fingerprint density at radius 3 is 1.59 bits per heavy atom. The van der Waals surface area contributed by atoms with E-state index in [1.165, 1.54) is 0 Å². The number of nitrogens with zero attached hydrogens (tertiary/aromatic N) is 2. The van der Waals surface area contributed by atoms with E-state index in [9.17, 15) is 35.0 Å². The molecule has 0 N–H and O–H groups in total. The summed E-state index contributed by atoms with van der Waals surface area (Å²) in [5.41, 5.74) is -0.783. The fourth-order valence-electron chi connectivity index (χ4n) is 3.20. The van der Waals surface area contributed by atoms with E-state index in [0.29, 0.717) is 17.8 Å². The van der Waals surface area contributed by atoms with Crippen LogP contribution in [-0.2, 0) is 17.0 Å². The zero-order valence-electron chi connectivity index (χ0n) is 19.4. The van der Waals surface area contributed by atoms with E-state index < -0.39 is 36.7 Å². The van der Waals surface area contributed by atoms with Gasteiger partial charge < -0.3 is 9.55 Å². The summed E-state index contributed by atoms with van der Waals surface area (Å²) in [5.74, 6) is -0.521. The number of halogens is 8. The zero-order valence-corrected chi connectivity index (χ0v) is 19.4. The van der Waals surface area contributed by atoms with Crippen LogP contribution in [-0.4, -0.2) is 27.3 Å². The van der Waals surface area contributed by atoms with Crippen LogP contribution in [0, 0.1) is 0 Å². The molecule has 3 rings (SSSR count). The largest absolute Gasteiger partial charge is 0.796 e. The van der Waals surface area contributed by atoms with Crippen LogP contribution in [0.2, 0.25) is 0 Å². The number of aliphatic imine (C=N–C) groups is 1. The minimum atomic E-state index is -4.64. The minimum absolute atomic E-state index is 0.0538. The maximum absolute atomic E-state index is 13.2. The van der Waals surface area contributed by atoms with Gasteiger partial charge in [0, 0.05) is 37.0 Å². The molecule has 0 atom stereocenters. The molecule has 3 nitrogen and oxygen atoms in total. The SMILES string of the molecule is CN(C)c1ccc(N=C(/C=C(\OB(F)F)c2ccc(C(F)(F)F)cc2)c2ccc(C(F)(F)F)cc2)cc1. The molecule has 0 aliphatic heterocycles. The fraction of sp³-hybridized carbons (Fsp3) is 0.160. The Kier molecular flexibility index (Phi) is 8.30. The number of benzene rings is 3. The van der Waals surface area contributed by atoms with Crippen molar-refractivity contribution in [1.29, 1.82) is 0 Å². The van der Waals surface area contributed by atoms with E-state index in [0.717, 1.165) is 48.2 Å². The summed E-state index contributed by atoms with van der Waals surface area (Å²) in [5, 5.41) is 0. The number of hydrogen-bond donors (Lipinski definition) is 0. The Morgan fingerprint density at radius 2 is 1.19 bits per heavy atom. The van der Waals surface area contributed by atoms with Crippen molar-refractivity contribution in [3.8, 4) is 0 Å². The Morgan fingerprint density at radius 1 is 0.730 bits per heavy atom. The lowest BCUT2D eigenvalue weighted by Crippen LogP contribution is -2.09. The van der Waals surface area contributed by atoms with Crippen LogP contribution < -0.4 is 4.90 Å². The highest BCUT2D eigenvalue weighted by Gasteiger charge is 2.31. The molecule has 0 saturated heterocycles. The van der Waals surface area contributed by atoms with Gasteiger partial charge in [0.2, 0.25) is 0 Å². The van der Waals surface area contributed by atoms with E-state index in [1.54, 1.807) is 24.3 Å². The van der Waals surface area contributed by atoms with Gasteiger partial charge in [0.1, 0.15) is 5.76 Å². The first-order valence-corrected chi connectivity index (χ1v) is 10.6. The summed E-state index contributed by atoms with van der Waals surface area (Å²) in [6.45, 7) is 0. The van der Waals surface area contributed by atoms with Gasteiger partial charge in [0.05, 0.1) is 22.5 Å². The van der Waals surface area contributed by atoms with Crippen LogP contribution in [0.25, 0.3) is 5.76 Å². The van der Waals surface area contributed by atoms with Crippen LogP contribution in [0.5, 0.6) is 0 Å². The van der Waals surface area contributed by atoms with Crippen molar-refractivity contribution >= 4 is 30.3 Å². The quantitative estimate of drug-likeness (QED) is 0.135. The molecule has 3 aromatic rings. The molecule has 0 saturated carbocycles. The third-order valence-corrected chi connectivity index (χ3v) is 5.10. The third-order valence-electron chi connectivity index (χ3n) is 5.10. The first-order valence-electron chi connectivity index (χ1n) is 10.6. The lowest BCUT2D eigenvalue weighted by molar-refractivity contribution is -0.138. The number of allylic oxidation sites excluding steroid dienone is 1. The molecule has 0 aromatic heterocycles. The van der Waals surface area contributed by atoms with E-state index >= 15 is 0 Å².